The second kappa shape index (κ2) is 8.57. The molecule has 0 spiro atoms. The van der Waals surface area contributed by atoms with E-state index in [4.69, 9.17) is 11.6 Å². The van der Waals surface area contributed by atoms with Crippen LogP contribution in [-0.4, -0.2) is 18.6 Å². The molecule has 0 heterocycles. The summed E-state index contributed by atoms with van der Waals surface area (Å²) in [4.78, 5) is 12.1. The lowest BCUT2D eigenvalue weighted by Crippen LogP contribution is -2.43. The number of rotatable bonds is 5. The summed E-state index contributed by atoms with van der Waals surface area (Å²) in [6.07, 6.45) is 7.76. The lowest BCUT2D eigenvalue weighted by molar-refractivity contribution is 0.233. The van der Waals surface area contributed by atoms with E-state index in [2.05, 4.69) is 35.8 Å². The molecule has 1 saturated carbocycles. The van der Waals surface area contributed by atoms with Crippen molar-refractivity contribution >= 4 is 28.4 Å². The number of aryl methyl sites for hydroxylation is 1. The zero-order valence-electron chi connectivity index (χ0n) is 14.9. The summed E-state index contributed by atoms with van der Waals surface area (Å²) in [6, 6.07) is 10.8. The van der Waals surface area contributed by atoms with E-state index in [1.807, 2.05) is 12.1 Å². The van der Waals surface area contributed by atoms with Gasteiger partial charge in [0.1, 0.15) is 0 Å². The Bertz CT molecular complexity index is 738. The number of carbonyl (C=O) groups is 1. The van der Waals surface area contributed by atoms with Crippen LogP contribution in [-0.2, 0) is 12.8 Å². The van der Waals surface area contributed by atoms with Gasteiger partial charge in [-0.15, -0.1) is 0 Å². The van der Waals surface area contributed by atoms with Gasteiger partial charge in [0.15, 0.2) is 0 Å². The van der Waals surface area contributed by atoms with Gasteiger partial charge in [-0.05, 0) is 59.7 Å². The van der Waals surface area contributed by atoms with Gasteiger partial charge in [0.2, 0.25) is 0 Å². The molecule has 3 rings (SSSR count). The SMILES string of the molecule is CCc1cc(CCNC(=O)NC2CCCCC2)c2cc(Cl)ccc2c1. The van der Waals surface area contributed by atoms with Gasteiger partial charge < -0.3 is 10.6 Å². The Hall–Kier alpha value is -1.74. The molecule has 2 aromatic rings. The number of hydrogen-bond donors (Lipinski definition) is 2. The molecule has 134 valence electrons. The van der Waals surface area contributed by atoms with Gasteiger partial charge in [-0.2, -0.15) is 0 Å². The molecule has 25 heavy (non-hydrogen) atoms. The van der Waals surface area contributed by atoms with Crippen LogP contribution in [0.3, 0.4) is 0 Å². The molecule has 2 amide bonds. The van der Waals surface area contributed by atoms with Gasteiger partial charge >= 0.3 is 6.03 Å². The molecular weight excluding hydrogens is 332 g/mol. The predicted octanol–water partition coefficient (Wildman–Crippen LogP) is 5.23. The number of urea groups is 1. The number of fused-ring (bicyclic) bond motifs is 1. The molecule has 2 N–H and O–H groups in total. The fraction of sp³-hybridized carbons (Fsp3) is 0.476. The van der Waals surface area contributed by atoms with E-state index in [1.54, 1.807) is 0 Å². The summed E-state index contributed by atoms with van der Waals surface area (Å²) in [5, 5.41) is 9.26. The Morgan fingerprint density at radius 1 is 1.16 bits per heavy atom. The molecule has 0 radical (unpaired) electrons. The fourth-order valence-electron chi connectivity index (χ4n) is 3.68. The Morgan fingerprint density at radius 2 is 1.96 bits per heavy atom. The van der Waals surface area contributed by atoms with Crippen LogP contribution in [0, 0.1) is 0 Å². The number of amides is 2. The summed E-state index contributed by atoms with van der Waals surface area (Å²) in [7, 11) is 0. The van der Waals surface area contributed by atoms with Crippen molar-refractivity contribution < 1.29 is 4.79 Å². The maximum absolute atomic E-state index is 12.1. The Morgan fingerprint density at radius 3 is 2.72 bits per heavy atom. The average molecular weight is 359 g/mol. The van der Waals surface area contributed by atoms with Gasteiger partial charge in [0, 0.05) is 17.6 Å². The van der Waals surface area contributed by atoms with Crippen molar-refractivity contribution in [3.8, 4) is 0 Å². The van der Waals surface area contributed by atoms with Crippen LogP contribution >= 0.6 is 11.6 Å². The van der Waals surface area contributed by atoms with Crippen molar-refractivity contribution in [2.75, 3.05) is 6.54 Å². The van der Waals surface area contributed by atoms with Gasteiger partial charge in [-0.25, -0.2) is 4.79 Å². The van der Waals surface area contributed by atoms with Gasteiger partial charge in [0.25, 0.3) is 0 Å². The highest BCUT2D eigenvalue weighted by Gasteiger charge is 2.15. The Kier molecular flexibility index (Phi) is 6.19. The summed E-state index contributed by atoms with van der Waals surface area (Å²) in [5.41, 5.74) is 2.56. The topological polar surface area (TPSA) is 41.1 Å². The highest BCUT2D eigenvalue weighted by Crippen LogP contribution is 2.25. The normalized spacial score (nSPS) is 15.3. The number of carbonyl (C=O) groups excluding carboxylic acids is 1. The highest BCUT2D eigenvalue weighted by molar-refractivity contribution is 6.31. The van der Waals surface area contributed by atoms with E-state index >= 15 is 0 Å². The van der Waals surface area contributed by atoms with E-state index in [0.29, 0.717) is 12.6 Å². The van der Waals surface area contributed by atoms with Gasteiger partial charge in [-0.3, -0.25) is 0 Å². The molecule has 1 aliphatic rings. The van der Waals surface area contributed by atoms with Gasteiger partial charge in [-0.1, -0.05) is 56.0 Å². The minimum absolute atomic E-state index is 0.0408. The third-order valence-electron chi connectivity index (χ3n) is 5.09. The number of halogens is 1. The second-order valence-electron chi connectivity index (χ2n) is 6.96. The largest absolute Gasteiger partial charge is 0.338 e. The van der Waals surface area contributed by atoms with E-state index in [-0.39, 0.29) is 6.03 Å². The molecule has 0 atom stereocenters. The van der Waals surface area contributed by atoms with Crippen molar-refractivity contribution in [3.63, 3.8) is 0 Å². The predicted molar refractivity (Wildman–Crippen MR) is 105 cm³/mol. The van der Waals surface area contributed by atoms with E-state index in [0.717, 1.165) is 30.7 Å². The molecule has 1 aliphatic carbocycles. The van der Waals surface area contributed by atoms with Crippen molar-refractivity contribution in [1.82, 2.24) is 10.6 Å². The minimum atomic E-state index is -0.0408. The van der Waals surface area contributed by atoms with Crippen molar-refractivity contribution in [3.05, 3.63) is 46.5 Å². The van der Waals surface area contributed by atoms with Gasteiger partial charge in [0.05, 0.1) is 0 Å². The fourth-order valence-corrected chi connectivity index (χ4v) is 3.85. The summed E-state index contributed by atoms with van der Waals surface area (Å²) >= 11 is 6.18. The zero-order valence-corrected chi connectivity index (χ0v) is 15.7. The van der Waals surface area contributed by atoms with Crippen LogP contribution in [0.25, 0.3) is 10.8 Å². The average Bonchev–Trinajstić information content (AvgIpc) is 2.62. The van der Waals surface area contributed by atoms with Crippen LogP contribution in [0.2, 0.25) is 5.02 Å². The molecule has 2 aromatic carbocycles. The summed E-state index contributed by atoms with van der Waals surface area (Å²) in [5.74, 6) is 0. The second-order valence-corrected chi connectivity index (χ2v) is 7.40. The Balaban J connectivity index is 1.62. The van der Waals surface area contributed by atoms with E-state index in [1.165, 1.54) is 41.2 Å². The third kappa shape index (κ3) is 4.88. The maximum atomic E-state index is 12.1. The quantitative estimate of drug-likeness (QED) is 0.754. The van der Waals surface area contributed by atoms with Crippen LogP contribution < -0.4 is 10.6 Å². The molecule has 4 heteroatoms. The smallest absolute Gasteiger partial charge is 0.315 e. The van der Waals surface area contributed by atoms with E-state index in [9.17, 15) is 4.79 Å². The molecular formula is C21H27ClN2O. The van der Waals surface area contributed by atoms with E-state index < -0.39 is 0 Å². The monoisotopic (exact) mass is 358 g/mol. The van der Waals surface area contributed by atoms with Crippen LogP contribution in [0.5, 0.6) is 0 Å². The first-order chi connectivity index (χ1) is 12.2. The van der Waals surface area contributed by atoms with Crippen molar-refractivity contribution in [2.45, 2.75) is 57.9 Å². The van der Waals surface area contributed by atoms with Crippen molar-refractivity contribution in [1.29, 1.82) is 0 Å². The molecule has 0 aliphatic heterocycles. The first kappa shape index (κ1) is 18.1. The molecule has 0 saturated heterocycles. The maximum Gasteiger partial charge on any atom is 0.315 e. The Labute approximate surface area is 155 Å². The zero-order chi connectivity index (χ0) is 17.6. The van der Waals surface area contributed by atoms with Crippen molar-refractivity contribution in [2.24, 2.45) is 0 Å². The van der Waals surface area contributed by atoms with Crippen LogP contribution in [0.4, 0.5) is 4.79 Å². The lowest BCUT2D eigenvalue weighted by Gasteiger charge is -2.22. The van der Waals surface area contributed by atoms with Crippen LogP contribution in [0.1, 0.15) is 50.2 Å². The van der Waals surface area contributed by atoms with Crippen LogP contribution in [0.15, 0.2) is 30.3 Å². The molecule has 0 unspecified atom stereocenters. The summed E-state index contributed by atoms with van der Waals surface area (Å²) in [6.45, 7) is 2.80. The standard InChI is InChI=1S/C21H27ClN2O/c1-2-15-12-16-8-9-18(22)14-20(16)17(13-15)10-11-23-21(25)24-19-6-4-3-5-7-19/h8-9,12-14,19H,2-7,10-11H2,1H3,(H2,23,24,25). The summed E-state index contributed by atoms with van der Waals surface area (Å²) < 4.78 is 0. The number of nitrogens with one attached hydrogen (secondary N) is 2. The molecule has 1 fully saturated rings. The number of benzene rings is 2. The first-order valence-corrected chi connectivity index (χ1v) is 9.79. The third-order valence-corrected chi connectivity index (χ3v) is 5.33. The molecule has 0 bridgehead atoms. The molecule has 0 aromatic heterocycles. The first-order valence-electron chi connectivity index (χ1n) is 9.41. The minimum Gasteiger partial charge on any atom is -0.338 e. The number of hydrogen-bond acceptors (Lipinski definition) is 1. The highest BCUT2D eigenvalue weighted by atomic mass is 35.5. The lowest BCUT2D eigenvalue weighted by atomic mass is 9.96. The molecule has 3 nitrogen and oxygen atoms in total.